The lowest BCUT2D eigenvalue weighted by Gasteiger charge is -2.17. The van der Waals surface area contributed by atoms with Gasteiger partial charge in [0.2, 0.25) is 5.95 Å². The second-order valence-corrected chi connectivity index (χ2v) is 5.75. The lowest BCUT2D eigenvalue weighted by atomic mass is 10.0. The van der Waals surface area contributed by atoms with E-state index in [2.05, 4.69) is 34.4 Å². The van der Waals surface area contributed by atoms with Gasteiger partial charge in [0.25, 0.3) is 0 Å². The van der Waals surface area contributed by atoms with Crippen molar-refractivity contribution >= 4 is 11.8 Å². The predicted molar refractivity (Wildman–Crippen MR) is 73.8 cm³/mol. The summed E-state index contributed by atoms with van der Waals surface area (Å²) in [6, 6.07) is 0. The van der Waals surface area contributed by atoms with Crippen LogP contribution in [0.3, 0.4) is 0 Å². The molecule has 2 fully saturated rings. The molecule has 0 bridgehead atoms. The summed E-state index contributed by atoms with van der Waals surface area (Å²) in [6.45, 7) is 6.06. The summed E-state index contributed by atoms with van der Waals surface area (Å²) in [5, 5.41) is 6.71. The van der Waals surface area contributed by atoms with E-state index < -0.39 is 0 Å². The summed E-state index contributed by atoms with van der Waals surface area (Å²) in [5.74, 6) is 2.70. The molecule has 2 aliphatic carbocycles. The van der Waals surface area contributed by atoms with Gasteiger partial charge in [-0.1, -0.05) is 0 Å². The summed E-state index contributed by atoms with van der Waals surface area (Å²) >= 11 is 0. The van der Waals surface area contributed by atoms with Crippen LogP contribution >= 0.6 is 0 Å². The maximum absolute atomic E-state index is 4.54. The van der Waals surface area contributed by atoms with Gasteiger partial charge in [0, 0.05) is 24.8 Å². The van der Waals surface area contributed by atoms with Crippen LogP contribution in [0.15, 0.2) is 6.20 Å². The van der Waals surface area contributed by atoms with E-state index in [0.717, 1.165) is 36.3 Å². The van der Waals surface area contributed by atoms with Gasteiger partial charge in [-0.05, 0) is 50.9 Å². The molecule has 1 aromatic rings. The Morgan fingerprint density at radius 3 is 2.72 bits per heavy atom. The minimum absolute atomic E-state index is 0.607. The number of anilines is 2. The fourth-order valence-corrected chi connectivity index (χ4v) is 2.71. The first kappa shape index (κ1) is 11.8. The minimum atomic E-state index is 0.607. The number of nitrogens with zero attached hydrogens (tertiary/aromatic N) is 2. The predicted octanol–water partition coefficient (Wildman–Crippen LogP) is 2.82. The fraction of sp³-hybridized carbons (Fsp3) is 0.714. The zero-order chi connectivity index (χ0) is 12.6. The van der Waals surface area contributed by atoms with Gasteiger partial charge in [-0.25, -0.2) is 4.98 Å². The maximum atomic E-state index is 4.54. The number of hydrogen-bond donors (Lipinski definition) is 2. The third-order valence-corrected chi connectivity index (χ3v) is 4.25. The molecular weight excluding hydrogens is 224 g/mol. The van der Waals surface area contributed by atoms with Crippen LogP contribution in [0.5, 0.6) is 0 Å². The Hall–Kier alpha value is -1.32. The van der Waals surface area contributed by atoms with Crippen molar-refractivity contribution < 1.29 is 0 Å². The van der Waals surface area contributed by atoms with E-state index in [1.807, 2.05) is 6.20 Å². The monoisotopic (exact) mass is 246 g/mol. The summed E-state index contributed by atoms with van der Waals surface area (Å²) < 4.78 is 0. The number of rotatable bonds is 6. The average molecular weight is 246 g/mol. The Labute approximate surface area is 109 Å². The SMILES string of the molecule is CCNc1ncc(C)c(NCC2(C3CC3)CC2)n1. The summed E-state index contributed by atoms with van der Waals surface area (Å²) in [5.41, 5.74) is 1.73. The zero-order valence-corrected chi connectivity index (χ0v) is 11.3. The van der Waals surface area contributed by atoms with Crippen molar-refractivity contribution in [3.05, 3.63) is 11.8 Å². The first-order chi connectivity index (χ1) is 8.73. The lowest BCUT2D eigenvalue weighted by molar-refractivity contribution is 0.466. The molecule has 0 aliphatic heterocycles. The third-order valence-electron chi connectivity index (χ3n) is 4.25. The second-order valence-electron chi connectivity index (χ2n) is 5.75. The zero-order valence-electron chi connectivity index (χ0n) is 11.3. The van der Waals surface area contributed by atoms with Crippen molar-refractivity contribution in [3.63, 3.8) is 0 Å². The van der Waals surface area contributed by atoms with E-state index >= 15 is 0 Å². The first-order valence-electron chi connectivity index (χ1n) is 7.05. The molecule has 0 radical (unpaired) electrons. The average Bonchev–Trinajstić information content (AvgIpc) is 3.23. The highest BCUT2D eigenvalue weighted by atomic mass is 15.1. The van der Waals surface area contributed by atoms with Gasteiger partial charge < -0.3 is 10.6 Å². The van der Waals surface area contributed by atoms with Gasteiger partial charge in [-0.15, -0.1) is 0 Å². The standard InChI is InChI=1S/C14H22N4/c1-3-15-13-16-8-10(2)12(18-13)17-9-14(6-7-14)11-4-5-11/h8,11H,3-7,9H2,1-2H3,(H2,15,16,17,18). The Morgan fingerprint density at radius 1 is 1.33 bits per heavy atom. The molecule has 18 heavy (non-hydrogen) atoms. The van der Waals surface area contributed by atoms with Crippen molar-refractivity contribution in [1.29, 1.82) is 0 Å². The van der Waals surface area contributed by atoms with Crippen molar-refractivity contribution in [1.82, 2.24) is 9.97 Å². The Bertz CT molecular complexity index is 435. The van der Waals surface area contributed by atoms with Gasteiger partial charge in [0.1, 0.15) is 5.82 Å². The second kappa shape index (κ2) is 4.41. The highest BCUT2D eigenvalue weighted by Gasteiger charge is 2.53. The molecule has 1 heterocycles. The molecule has 2 saturated carbocycles. The van der Waals surface area contributed by atoms with Gasteiger partial charge in [0.05, 0.1) is 0 Å². The van der Waals surface area contributed by atoms with Crippen LogP contribution in [0.25, 0.3) is 0 Å². The molecule has 4 heteroatoms. The van der Waals surface area contributed by atoms with Crippen LogP contribution < -0.4 is 10.6 Å². The van der Waals surface area contributed by atoms with E-state index in [1.165, 1.54) is 25.7 Å². The van der Waals surface area contributed by atoms with E-state index in [-0.39, 0.29) is 0 Å². The number of aromatic nitrogens is 2. The molecule has 2 N–H and O–H groups in total. The van der Waals surface area contributed by atoms with E-state index in [0.29, 0.717) is 5.41 Å². The molecule has 3 rings (SSSR count). The van der Waals surface area contributed by atoms with Crippen LogP contribution in [0.1, 0.15) is 38.2 Å². The van der Waals surface area contributed by atoms with Crippen LogP contribution in [0.4, 0.5) is 11.8 Å². The van der Waals surface area contributed by atoms with Crippen LogP contribution in [-0.4, -0.2) is 23.1 Å². The Kier molecular flexibility index (Phi) is 2.88. The maximum Gasteiger partial charge on any atom is 0.224 e. The molecular formula is C14H22N4. The van der Waals surface area contributed by atoms with Crippen molar-refractivity contribution in [2.75, 3.05) is 23.7 Å². The molecule has 98 valence electrons. The van der Waals surface area contributed by atoms with Crippen LogP contribution in [-0.2, 0) is 0 Å². The first-order valence-corrected chi connectivity index (χ1v) is 7.05. The molecule has 0 spiro atoms. The van der Waals surface area contributed by atoms with Crippen molar-refractivity contribution in [3.8, 4) is 0 Å². The molecule has 0 unspecified atom stereocenters. The van der Waals surface area contributed by atoms with Gasteiger partial charge in [-0.2, -0.15) is 4.98 Å². The molecule has 0 amide bonds. The molecule has 4 nitrogen and oxygen atoms in total. The van der Waals surface area contributed by atoms with Crippen molar-refractivity contribution in [2.24, 2.45) is 11.3 Å². The highest BCUT2D eigenvalue weighted by molar-refractivity contribution is 5.46. The number of nitrogens with one attached hydrogen (secondary N) is 2. The normalized spacial score (nSPS) is 20.6. The van der Waals surface area contributed by atoms with Gasteiger partial charge in [0.15, 0.2) is 0 Å². The van der Waals surface area contributed by atoms with Crippen LogP contribution in [0, 0.1) is 18.3 Å². The Balaban J connectivity index is 1.66. The number of aryl methyl sites for hydroxylation is 1. The molecule has 0 saturated heterocycles. The molecule has 0 atom stereocenters. The summed E-state index contributed by atoms with van der Waals surface area (Å²) in [4.78, 5) is 8.81. The third kappa shape index (κ3) is 2.28. The van der Waals surface area contributed by atoms with Gasteiger partial charge >= 0.3 is 0 Å². The number of hydrogen-bond acceptors (Lipinski definition) is 4. The topological polar surface area (TPSA) is 49.8 Å². The molecule has 0 aromatic carbocycles. The Morgan fingerprint density at radius 2 is 2.11 bits per heavy atom. The van der Waals surface area contributed by atoms with Crippen LogP contribution in [0.2, 0.25) is 0 Å². The van der Waals surface area contributed by atoms with Crippen molar-refractivity contribution in [2.45, 2.75) is 39.5 Å². The quantitative estimate of drug-likeness (QED) is 0.810. The van der Waals surface area contributed by atoms with Gasteiger partial charge in [-0.3, -0.25) is 0 Å². The van der Waals surface area contributed by atoms with E-state index in [4.69, 9.17) is 0 Å². The molecule has 1 aromatic heterocycles. The fourth-order valence-electron chi connectivity index (χ4n) is 2.71. The largest absolute Gasteiger partial charge is 0.369 e. The summed E-state index contributed by atoms with van der Waals surface area (Å²) in [6.07, 6.45) is 7.56. The highest BCUT2D eigenvalue weighted by Crippen LogP contribution is 2.61. The lowest BCUT2D eigenvalue weighted by Crippen LogP contribution is -2.19. The molecule has 2 aliphatic rings. The minimum Gasteiger partial charge on any atom is -0.369 e. The summed E-state index contributed by atoms with van der Waals surface area (Å²) in [7, 11) is 0. The van der Waals surface area contributed by atoms with E-state index in [1.54, 1.807) is 0 Å². The smallest absolute Gasteiger partial charge is 0.224 e. The van der Waals surface area contributed by atoms with E-state index in [9.17, 15) is 0 Å².